The number of aromatic nitrogens is 2. The summed E-state index contributed by atoms with van der Waals surface area (Å²) in [7, 11) is 0. The van der Waals surface area contributed by atoms with Gasteiger partial charge in [0.05, 0.1) is 5.52 Å². The summed E-state index contributed by atoms with van der Waals surface area (Å²) in [6.45, 7) is 5.10. The van der Waals surface area contributed by atoms with Gasteiger partial charge in [0.15, 0.2) is 0 Å². The number of fused-ring (bicyclic) bond motifs is 1. The first-order chi connectivity index (χ1) is 15.6. The number of carbonyl (C=O) groups is 3. The quantitative estimate of drug-likeness (QED) is 0.364. The lowest BCUT2D eigenvalue weighted by Gasteiger charge is -2.14. The summed E-state index contributed by atoms with van der Waals surface area (Å²) < 4.78 is 0. The van der Waals surface area contributed by atoms with Crippen LogP contribution in [0.4, 0.5) is 5.82 Å². The Labute approximate surface area is 190 Å². The second-order valence-corrected chi connectivity index (χ2v) is 7.68. The van der Waals surface area contributed by atoms with Gasteiger partial charge >= 0.3 is 11.9 Å². The van der Waals surface area contributed by atoms with E-state index < -0.39 is 30.3 Å². The Balaban J connectivity index is 1.63. The third kappa shape index (κ3) is 5.91. The summed E-state index contributed by atoms with van der Waals surface area (Å²) in [4.78, 5) is 43.2. The Morgan fingerprint density at radius 1 is 1.03 bits per heavy atom. The van der Waals surface area contributed by atoms with E-state index in [-0.39, 0.29) is 11.1 Å². The number of rotatable bonds is 9. The molecule has 170 valence electrons. The van der Waals surface area contributed by atoms with Crippen LogP contribution in [0.5, 0.6) is 0 Å². The maximum Gasteiger partial charge on any atom is 0.331 e. The fraction of sp³-hybridized carbons (Fsp3) is 0.208. The van der Waals surface area contributed by atoms with Crippen LogP contribution >= 0.6 is 0 Å². The van der Waals surface area contributed by atoms with E-state index in [1.165, 1.54) is 0 Å². The third-order valence-corrected chi connectivity index (χ3v) is 5.18. The molecular weight excluding hydrogens is 424 g/mol. The lowest BCUT2D eigenvalue weighted by Crippen LogP contribution is -2.41. The summed E-state index contributed by atoms with van der Waals surface area (Å²) in [6.07, 6.45) is 1.07. The Kier molecular flexibility index (Phi) is 7.02. The number of nitrogen functional groups attached to an aromatic ring is 1. The van der Waals surface area contributed by atoms with Crippen molar-refractivity contribution in [2.75, 3.05) is 5.73 Å². The van der Waals surface area contributed by atoms with E-state index in [0.29, 0.717) is 11.6 Å². The molecule has 9 nitrogen and oxygen atoms in total. The van der Waals surface area contributed by atoms with Crippen molar-refractivity contribution in [2.24, 2.45) is 0 Å². The number of benzene rings is 2. The van der Waals surface area contributed by atoms with Gasteiger partial charge in [0.1, 0.15) is 17.7 Å². The van der Waals surface area contributed by atoms with E-state index >= 15 is 0 Å². The van der Waals surface area contributed by atoms with Gasteiger partial charge in [-0.25, -0.2) is 19.6 Å². The van der Waals surface area contributed by atoms with Crippen LogP contribution in [-0.2, 0) is 22.4 Å². The van der Waals surface area contributed by atoms with E-state index in [0.717, 1.165) is 34.9 Å². The van der Waals surface area contributed by atoms with Crippen molar-refractivity contribution in [2.45, 2.75) is 32.2 Å². The first-order valence-electron chi connectivity index (χ1n) is 10.2. The monoisotopic (exact) mass is 448 g/mol. The molecule has 1 aromatic heterocycles. The van der Waals surface area contributed by atoms with Crippen LogP contribution in [0.2, 0.25) is 0 Å². The van der Waals surface area contributed by atoms with Crippen molar-refractivity contribution < 1.29 is 24.6 Å². The molecule has 0 bridgehead atoms. The maximum atomic E-state index is 12.4. The minimum Gasteiger partial charge on any atom is -0.480 e. The number of nitrogens with two attached hydrogens (primary N) is 1. The van der Waals surface area contributed by atoms with Crippen LogP contribution in [0.3, 0.4) is 0 Å². The third-order valence-electron chi connectivity index (χ3n) is 5.18. The fourth-order valence-corrected chi connectivity index (χ4v) is 3.36. The molecule has 0 aliphatic carbocycles. The van der Waals surface area contributed by atoms with Gasteiger partial charge in [0, 0.05) is 22.9 Å². The van der Waals surface area contributed by atoms with Crippen molar-refractivity contribution in [1.82, 2.24) is 15.3 Å². The number of nitrogens with zero attached hydrogens (tertiary/aromatic N) is 2. The van der Waals surface area contributed by atoms with E-state index in [2.05, 4.69) is 21.9 Å². The predicted octanol–water partition coefficient (Wildman–Crippen LogP) is 2.52. The number of aliphatic carboxylic acids is 2. The summed E-state index contributed by atoms with van der Waals surface area (Å²) in [5, 5.41) is 21.3. The minimum absolute atomic E-state index is 0.275. The number of hydrogen-bond donors (Lipinski definition) is 4. The topological polar surface area (TPSA) is 156 Å². The van der Waals surface area contributed by atoms with Crippen LogP contribution in [0.1, 0.15) is 33.7 Å². The van der Waals surface area contributed by atoms with E-state index in [4.69, 9.17) is 10.8 Å². The summed E-state index contributed by atoms with van der Waals surface area (Å²) in [5.74, 6) is -2.18. The zero-order chi connectivity index (χ0) is 24.1. The number of hydrogen-bond acceptors (Lipinski definition) is 6. The molecule has 0 aliphatic heterocycles. The van der Waals surface area contributed by atoms with Crippen molar-refractivity contribution in [1.29, 1.82) is 0 Å². The molecule has 0 fully saturated rings. The van der Waals surface area contributed by atoms with Crippen LogP contribution < -0.4 is 11.1 Å². The zero-order valence-corrected chi connectivity index (χ0v) is 18.0. The van der Waals surface area contributed by atoms with E-state index in [1.807, 2.05) is 18.2 Å². The van der Waals surface area contributed by atoms with Crippen LogP contribution in [0.25, 0.3) is 10.9 Å². The Morgan fingerprint density at radius 2 is 1.67 bits per heavy atom. The number of aryl methyl sites for hydroxylation is 3. The van der Waals surface area contributed by atoms with Crippen molar-refractivity contribution in [3.63, 3.8) is 0 Å². The number of anilines is 1. The van der Waals surface area contributed by atoms with E-state index in [9.17, 15) is 19.5 Å². The van der Waals surface area contributed by atoms with Gasteiger partial charge in [-0.1, -0.05) is 24.8 Å². The maximum absolute atomic E-state index is 12.4. The second-order valence-electron chi connectivity index (χ2n) is 7.68. The zero-order valence-electron chi connectivity index (χ0n) is 18.0. The molecule has 1 atom stereocenters. The second kappa shape index (κ2) is 9.90. The molecule has 0 unspecified atom stereocenters. The molecule has 0 aliphatic rings. The molecule has 3 aromatic rings. The summed E-state index contributed by atoms with van der Waals surface area (Å²) >= 11 is 0. The predicted molar refractivity (Wildman–Crippen MR) is 123 cm³/mol. The highest BCUT2D eigenvalue weighted by Crippen LogP contribution is 2.20. The van der Waals surface area contributed by atoms with Crippen molar-refractivity contribution >= 4 is 34.6 Å². The molecule has 1 heterocycles. The van der Waals surface area contributed by atoms with Crippen LogP contribution in [-0.4, -0.2) is 44.1 Å². The summed E-state index contributed by atoms with van der Waals surface area (Å²) in [6, 6.07) is 11.3. The molecule has 33 heavy (non-hydrogen) atoms. The largest absolute Gasteiger partial charge is 0.480 e. The van der Waals surface area contributed by atoms with Gasteiger partial charge in [0.2, 0.25) is 0 Å². The molecular formula is C24H24N4O5. The highest BCUT2D eigenvalue weighted by atomic mass is 16.4. The molecule has 0 saturated heterocycles. The van der Waals surface area contributed by atoms with Gasteiger partial charge in [-0.3, -0.25) is 4.79 Å². The van der Waals surface area contributed by atoms with E-state index in [1.54, 1.807) is 31.2 Å². The lowest BCUT2D eigenvalue weighted by atomic mass is 10.0. The SMILES string of the molecule is C=C(C[C@H](NC(=O)c1ccc(CCc2ccc3nc(C)nc(N)c3c2)cc1)C(=O)O)C(=O)O. The molecule has 1 amide bonds. The number of amides is 1. The highest BCUT2D eigenvalue weighted by Gasteiger charge is 2.23. The molecule has 5 N–H and O–H groups in total. The standard InChI is InChI=1S/C24H24N4O5/c1-13(23(30)31)11-20(24(32)33)28-22(29)17-8-5-15(6-9-17)3-4-16-7-10-19-18(12-16)21(25)27-14(2)26-19/h5-10,12,20H,1,3-4,11H2,2H3,(H,28,29)(H,30,31)(H,32,33)(H2,25,26,27)/t20-/m0/s1. The molecule has 3 rings (SSSR count). The Morgan fingerprint density at radius 3 is 2.30 bits per heavy atom. The molecule has 2 aromatic carbocycles. The summed E-state index contributed by atoms with van der Waals surface area (Å²) in [5.41, 5.74) is 8.86. The Bertz CT molecular complexity index is 1240. The van der Waals surface area contributed by atoms with Gasteiger partial charge in [0.25, 0.3) is 5.91 Å². The van der Waals surface area contributed by atoms with Gasteiger partial charge in [-0.2, -0.15) is 0 Å². The highest BCUT2D eigenvalue weighted by molar-refractivity contribution is 5.97. The first-order valence-corrected chi connectivity index (χ1v) is 10.2. The smallest absolute Gasteiger partial charge is 0.331 e. The first kappa shape index (κ1) is 23.4. The van der Waals surface area contributed by atoms with Crippen molar-refractivity contribution in [3.8, 4) is 0 Å². The van der Waals surface area contributed by atoms with Gasteiger partial charge in [-0.05, 0) is 55.2 Å². The van der Waals surface area contributed by atoms with Crippen LogP contribution in [0.15, 0.2) is 54.6 Å². The average Bonchev–Trinajstić information content (AvgIpc) is 2.77. The molecule has 9 heteroatoms. The minimum atomic E-state index is -1.38. The molecule has 0 radical (unpaired) electrons. The molecule has 0 spiro atoms. The normalized spacial score (nSPS) is 11.7. The molecule has 0 saturated carbocycles. The average molecular weight is 448 g/mol. The number of carboxylic acid groups (broad SMARTS) is 2. The number of carboxylic acids is 2. The Hall–Kier alpha value is -4.27. The van der Waals surface area contributed by atoms with Crippen molar-refractivity contribution in [3.05, 3.63) is 77.1 Å². The fourth-order valence-electron chi connectivity index (χ4n) is 3.36. The van der Waals surface area contributed by atoms with Crippen LogP contribution in [0, 0.1) is 6.92 Å². The van der Waals surface area contributed by atoms with Gasteiger partial charge < -0.3 is 21.3 Å². The van der Waals surface area contributed by atoms with Gasteiger partial charge in [-0.15, -0.1) is 0 Å². The lowest BCUT2D eigenvalue weighted by molar-refractivity contribution is -0.139. The number of nitrogens with one attached hydrogen (secondary N) is 1. The number of carbonyl (C=O) groups excluding carboxylic acids is 1.